The Morgan fingerprint density at radius 3 is 2.41 bits per heavy atom. The molecule has 0 aliphatic rings. The summed E-state index contributed by atoms with van der Waals surface area (Å²) in [7, 11) is -3.33. The molecule has 2 heterocycles. The Labute approximate surface area is 158 Å². The van der Waals surface area contributed by atoms with Crippen molar-refractivity contribution >= 4 is 15.7 Å². The average molecular weight is 385 g/mol. The van der Waals surface area contributed by atoms with Crippen LogP contribution in [-0.4, -0.2) is 24.6 Å². The summed E-state index contributed by atoms with van der Waals surface area (Å²) in [6.07, 6.45) is 4.11. The molecule has 1 aromatic carbocycles. The average Bonchev–Trinajstić information content (AvgIpc) is 2.62. The van der Waals surface area contributed by atoms with Crippen molar-refractivity contribution in [3.63, 3.8) is 0 Å². The quantitative estimate of drug-likeness (QED) is 0.714. The largest absolute Gasteiger partial charge is 0.364 e. The fourth-order valence-corrected chi connectivity index (χ4v) is 3.37. The third-order valence-electron chi connectivity index (χ3n) is 4.27. The summed E-state index contributed by atoms with van der Waals surface area (Å²) in [5.74, 6) is 0.412. The number of sulfone groups is 1. The Bertz CT molecular complexity index is 1070. The van der Waals surface area contributed by atoms with E-state index in [9.17, 15) is 12.8 Å². The number of hydrogen-bond donors (Lipinski definition) is 1. The van der Waals surface area contributed by atoms with Gasteiger partial charge in [0.2, 0.25) is 0 Å². The first kappa shape index (κ1) is 19.0. The number of nitrogens with zero attached hydrogens (tertiary/aromatic N) is 2. The highest BCUT2D eigenvalue weighted by molar-refractivity contribution is 7.90. The summed E-state index contributed by atoms with van der Waals surface area (Å²) in [6.45, 7) is 3.83. The minimum Gasteiger partial charge on any atom is -0.364 e. The molecule has 0 bridgehead atoms. The van der Waals surface area contributed by atoms with Crippen LogP contribution in [0.5, 0.6) is 0 Å². The van der Waals surface area contributed by atoms with Gasteiger partial charge in [0.25, 0.3) is 0 Å². The molecule has 0 unspecified atom stereocenters. The molecular formula is C20H20FN3O2S. The van der Waals surface area contributed by atoms with Crippen LogP contribution in [0.2, 0.25) is 0 Å². The Morgan fingerprint density at radius 1 is 1.07 bits per heavy atom. The molecule has 3 rings (SSSR count). The topological polar surface area (TPSA) is 72.0 Å². The van der Waals surface area contributed by atoms with Gasteiger partial charge in [0.15, 0.2) is 9.84 Å². The van der Waals surface area contributed by atoms with Crippen LogP contribution in [0.4, 0.5) is 10.2 Å². The number of aryl methyl sites for hydroxylation is 1. The second-order valence-corrected chi connectivity index (χ2v) is 8.44. The van der Waals surface area contributed by atoms with Gasteiger partial charge in [-0.1, -0.05) is 12.1 Å². The van der Waals surface area contributed by atoms with E-state index in [4.69, 9.17) is 0 Å². The highest BCUT2D eigenvalue weighted by Gasteiger charge is 2.12. The van der Waals surface area contributed by atoms with Crippen molar-refractivity contribution in [3.8, 4) is 11.1 Å². The lowest BCUT2D eigenvalue weighted by Crippen LogP contribution is -2.08. The fourth-order valence-electron chi connectivity index (χ4n) is 2.77. The lowest BCUT2D eigenvalue weighted by Gasteiger charge is -2.16. The second-order valence-electron chi connectivity index (χ2n) is 6.43. The van der Waals surface area contributed by atoms with Crippen molar-refractivity contribution in [1.29, 1.82) is 0 Å². The second kappa shape index (κ2) is 7.44. The summed E-state index contributed by atoms with van der Waals surface area (Å²) in [5.41, 5.74) is 3.21. The van der Waals surface area contributed by atoms with E-state index in [-0.39, 0.29) is 16.8 Å². The van der Waals surface area contributed by atoms with Gasteiger partial charge in [0, 0.05) is 41.5 Å². The van der Waals surface area contributed by atoms with Crippen LogP contribution in [0.15, 0.2) is 59.8 Å². The molecule has 0 amide bonds. The van der Waals surface area contributed by atoms with Gasteiger partial charge in [-0.2, -0.15) is 0 Å². The Kier molecular flexibility index (Phi) is 5.23. The molecule has 0 aliphatic heterocycles. The summed E-state index contributed by atoms with van der Waals surface area (Å²) in [6, 6.07) is 11.6. The molecule has 5 nitrogen and oxygen atoms in total. The first-order valence-electron chi connectivity index (χ1n) is 8.39. The van der Waals surface area contributed by atoms with Crippen molar-refractivity contribution in [3.05, 3.63) is 71.9 Å². The number of benzene rings is 1. The third kappa shape index (κ3) is 4.49. The molecule has 0 fully saturated rings. The van der Waals surface area contributed by atoms with E-state index in [0.717, 1.165) is 23.1 Å². The zero-order valence-corrected chi connectivity index (χ0v) is 16.1. The molecule has 1 N–H and O–H groups in total. The van der Waals surface area contributed by atoms with Crippen molar-refractivity contribution in [2.75, 3.05) is 11.6 Å². The van der Waals surface area contributed by atoms with Crippen LogP contribution >= 0.6 is 0 Å². The van der Waals surface area contributed by atoms with Gasteiger partial charge in [-0.15, -0.1) is 0 Å². The van der Waals surface area contributed by atoms with Gasteiger partial charge in [-0.3, -0.25) is 4.98 Å². The third-order valence-corrected chi connectivity index (χ3v) is 5.35. The molecule has 0 radical (unpaired) electrons. The van der Waals surface area contributed by atoms with Crippen molar-refractivity contribution in [2.45, 2.75) is 24.8 Å². The van der Waals surface area contributed by atoms with Crippen LogP contribution in [0.3, 0.4) is 0 Å². The normalized spacial score (nSPS) is 12.6. The molecule has 2 aromatic heterocycles. The lowest BCUT2D eigenvalue weighted by molar-refractivity contribution is 0.601. The van der Waals surface area contributed by atoms with Crippen LogP contribution in [-0.2, 0) is 9.84 Å². The summed E-state index contributed by atoms with van der Waals surface area (Å²) < 4.78 is 36.5. The Balaban J connectivity index is 1.85. The summed E-state index contributed by atoms with van der Waals surface area (Å²) in [5, 5.41) is 3.29. The van der Waals surface area contributed by atoms with Crippen LogP contribution in [0, 0.1) is 12.7 Å². The minimum atomic E-state index is -3.33. The van der Waals surface area contributed by atoms with Crippen molar-refractivity contribution < 1.29 is 12.8 Å². The molecule has 0 saturated carbocycles. The van der Waals surface area contributed by atoms with E-state index in [1.807, 2.05) is 26.0 Å². The first-order valence-corrected chi connectivity index (χ1v) is 10.3. The van der Waals surface area contributed by atoms with Crippen LogP contribution < -0.4 is 5.32 Å². The standard InChI is InChI=1S/C20H20FN3O2S/c1-13(15-4-6-17(21)7-5-15)23-20-9-8-19(14(2)24-20)16-10-18(12-22-11-16)27(3,25)26/h4-13H,1-3H3,(H,23,24)/t13-/m1/s1. The molecular weight excluding hydrogens is 365 g/mol. The molecule has 1 atom stereocenters. The maximum atomic E-state index is 13.1. The van der Waals surface area contributed by atoms with Crippen molar-refractivity contribution in [2.24, 2.45) is 0 Å². The maximum absolute atomic E-state index is 13.1. The number of pyridine rings is 2. The highest BCUT2D eigenvalue weighted by Crippen LogP contribution is 2.26. The van der Waals surface area contributed by atoms with Gasteiger partial charge in [0.1, 0.15) is 11.6 Å². The van der Waals surface area contributed by atoms with Gasteiger partial charge in [0.05, 0.1) is 4.90 Å². The molecule has 140 valence electrons. The maximum Gasteiger partial charge on any atom is 0.177 e. The molecule has 27 heavy (non-hydrogen) atoms. The van der Waals surface area contributed by atoms with E-state index in [1.54, 1.807) is 24.4 Å². The monoisotopic (exact) mass is 385 g/mol. The number of nitrogens with one attached hydrogen (secondary N) is 1. The minimum absolute atomic E-state index is 0.0430. The smallest absolute Gasteiger partial charge is 0.177 e. The highest BCUT2D eigenvalue weighted by atomic mass is 32.2. The van der Waals surface area contributed by atoms with E-state index in [1.165, 1.54) is 18.3 Å². The van der Waals surface area contributed by atoms with E-state index < -0.39 is 9.84 Å². The molecule has 0 spiro atoms. The SMILES string of the molecule is Cc1nc(N[C@H](C)c2ccc(F)cc2)ccc1-c1cncc(S(C)(=O)=O)c1. The van der Waals surface area contributed by atoms with Gasteiger partial charge in [-0.25, -0.2) is 17.8 Å². The molecule has 3 aromatic rings. The summed E-state index contributed by atoms with van der Waals surface area (Å²) >= 11 is 0. The number of aromatic nitrogens is 2. The summed E-state index contributed by atoms with van der Waals surface area (Å²) in [4.78, 5) is 8.77. The number of halogens is 1. The first-order chi connectivity index (χ1) is 12.7. The number of hydrogen-bond acceptors (Lipinski definition) is 5. The molecule has 0 aliphatic carbocycles. The van der Waals surface area contributed by atoms with Gasteiger partial charge < -0.3 is 5.32 Å². The Hall–Kier alpha value is -2.80. The van der Waals surface area contributed by atoms with E-state index >= 15 is 0 Å². The van der Waals surface area contributed by atoms with Gasteiger partial charge >= 0.3 is 0 Å². The number of anilines is 1. The van der Waals surface area contributed by atoms with E-state index in [0.29, 0.717) is 11.4 Å². The predicted octanol–water partition coefficient (Wildman–Crippen LogP) is 4.17. The Morgan fingerprint density at radius 2 is 1.78 bits per heavy atom. The van der Waals surface area contributed by atoms with E-state index in [2.05, 4.69) is 15.3 Å². The predicted molar refractivity (Wildman–Crippen MR) is 104 cm³/mol. The van der Waals surface area contributed by atoms with Crippen molar-refractivity contribution in [1.82, 2.24) is 9.97 Å². The molecule has 0 saturated heterocycles. The lowest BCUT2D eigenvalue weighted by atomic mass is 10.1. The fraction of sp³-hybridized carbons (Fsp3) is 0.200. The van der Waals surface area contributed by atoms with Crippen LogP contribution in [0.25, 0.3) is 11.1 Å². The van der Waals surface area contributed by atoms with Gasteiger partial charge in [-0.05, 0) is 49.7 Å². The number of rotatable bonds is 5. The van der Waals surface area contributed by atoms with Crippen LogP contribution in [0.1, 0.15) is 24.2 Å². The zero-order chi connectivity index (χ0) is 19.6. The zero-order valence-electron chi connectivity index (χ0n) is 15.3. The molecule has 7 heteroatoms.